The number of rotatable bonds is 5. The maximum absolute atomic E-state index is 11.5. The summed E-state index contributed by atoms with van der Waals surface area (Å²) < 4.78 is 10.5. The van der Waals surface area contributed by atoms with Gasteiger partial charge in [0.2, 0.25) is 0 Å². The quantitative estimate of drug-likeness (QED) is 0.663. The minimum Gasteiger partial charge on any atom is -0.466 e. The third kappa shape index (κ3) is 3.58. The Bertz CT molecular complexity index is 555. The highest BCUT2D eigenvalue weighted by atomic mass is 16.3. The molecule has 2 aromatic rings. The zero-order valence-electron chi connectivity index (χ0n) is 10.9. The average Bonchev–Trinajstić information content (AvgIpc) is 3.04. The molecule has 19 heavy (non-hydrogen) atoms. The fourth-order valence-corrected chi connectivity index (χ4v) is 1.61. The molecular formula is C14H16N2O3. The summed E-state index contributed by atoms with van der Waals surface area (Å²) in [6.07, 6.45) is 3.79. The van der Waals surface area contributed by atoms with Crippen LogP contribution in [-0.2, 0) is 0 Å². The molecule has 0 bridgehead atoms. The summed E-state index contributed by atoms with van der Waals surface area (Å²) in [4.78, 5) is 11.5. The lowest BCUT2D eigenvalue weighted by Gasteiger charge is -2.03. The van der Waals surface area contributed by atoms with E-state index in [9.17, 15) is 4.79 Å². The number of hydrazone groups is 1. The maximum Gasteiger partial charge on any atom is 0.307 e. The van der Waals surface area contributed by atoms with E-state index < -0.39 is 0 Å². The largest absolute Gasteiger partial charge is 0.466 e. The topological polar surface area (TPSA) is 67.7 Å². The van der Waals surface area contributed by atoms with Crippen LogP contribution in [0.5, 0.6) is 0 Å². The Hall–Kier alpha value is -2.30. The highest BCUT2D eigenvalue weighted by Crippen LogP contribution is 2.19. The highest BCUT2D eigenvalue weighted by Gasteiger charge is 2.08. The second-order valence-electron chi connectivity index (χ2n) is 4.32. The van der Waals surface area contributed by atoms with Crippen molar-refractivity contribution in [3.8, 4) is 0 Å². The van der Waals surface area contributed by atoms with Gasteiger partial charge in [0.25, 0.3) is 0 Å². The van der Waals surface area contributed by atoms with Gasteiger partial charge in [-0.15, -0.1) is 0 Å². The summed E-state index contributed by atoms with van der Waals surface area (Å²) in [5.74, 6) is 1.92. The predicted molar refractivity (Wildman–Crippen MR) is 71.1 cm³/mol. The molecule has 0 fully saturated rings. The molecule has 1 atom stereocenters. The van der Waals surface area contributed by atoms with Crippen LogP contribution in [0.25, 0.3) is 0 Å². The Morgan fingerprint density at radius 2 is 2.32 bits per heavy atom. The molecule has 1 amide bonds. The van der Waals surface area contributed by atoms with Crippen molar-refractivity contribution in [2.45, 2.75) is 26.2 Å². The molecule has 0 aromatic carbocycles. The van der Waals surface area contributed by atoms with Crippen LogP contribution in [0, 0.1) is 6.92 Å². The molecule has 5 nitrogen and oxygen atoms in total. The second kappa shape index (κ2) is 6.04. The van der Waals surface area contributed by atoms with Gasteiger partial charge in [0.05, 0.1) is 6.26 Å². The van der Waals surface area contributed by atoms with Crippen LogP contribution in [-0.4, -0.2) is 12.1 Å². The van der Waals surface area contributed by atoms with Gasteiger partial charge >= 0.3 is 5.91 Å². The summed E-state index contributed by atoms with van der Waals surface area (Å²) in [6, 6.07) is 7.12. The van der Waals surface area contributed by atoms with Crippen LogP contribution in [0.15, 0.2) is 44.5 Å². The van der Waals surface area contributed by atoms with Gasteiger partial charge in [0, 0.05) is 12.1 Å². The van der Waals surface area contributed by atoms with Crippen LogP contribution in [0.4, 0.5) is 0 Å². The molecule has 5 heteroatoms. The molecule has 1 unspecified atom stereocenters. The van der Waals surface area contributed by atoms with Gasteiger partial charge in [-0.05, 0) is 37.6 Å². The first-order valence-corrected chi connectivity index (χ1v) is 6.08. The Kier molecular flexibility index (Phi) is 4.18. The average molecular weight is 260 g/mol. The van der Waals surface area contributed by atoms with Crippen LogP contribution in [0.3, 0.4) is 0 Å². The van der Waals surface area contributed by atoms with Crippen molar-refractivity contribution in [2.75, 3.05) is 0 Å². The van der Waals surface area contributed by atoms with E-state index in [0.717, 1.165) is 11.5 Å². The van der Waals surface area contributed by atoms with Crippen molar-refractivity contribution in [1.82, 2.24) is 5.43 Å². The van der Waals surface area contributed by atoms with Crippen LogP contribution in [0.1, 0.15) is 41.3 Å². The zero-order valence-corrected chi connectivity index (χ0v) is 10.9. The minimum atomic E-state index is -0.359. The van der Waals surface area contributed by atoms with Crippen molar-refractivity contribution in [2.24, 2.45) is 5.10 Å². The molecule has 2 rings (SSSR count). The Balaban J connectivity index is 1.79. The van der Waals surface area contributed by atoms with Crippen molar-refractivity contribution in [3.05, 3.63) is 47.8 Å². The summed E-state index contributed by atoms with van der Waals surface area (Å²) in [5, 5.41) is 3.87. The van der Waals surface area contributed by atoms with Crippen molar-refractivity contribution in [1.29, 1.82) is 0 Å². The van der Waals surface area contributed by atoms with E-state index in [2.05, 4.69) is 10.5 Å². The number of hydrogen-bond acceptors (Lipinski definition) is 4. The number of carbonyl (C=O) groups excluding carboxylic acids is 1. The Morgan fingerprint density at radius 3 is 2.95 bits per heavy atom. The number of aryl methyl sites for hydroxylation is 1. The van der Waals surface area contributed by atoms with Gasteiger partial charge in [-0.1, -0.05) is 6.92 Å². The van der Waals surface area contributed by atoms with Gasteiger partial charge in [0.15, 0.2) is 5.76 Å². The molecule has 2 aromatic heterocycles. The van der Waals surface area contributed by atoms with Gasteiger partial charge in [-0.25, -0.2) is 5.43 Å². The molecule has 0 aliphatic carbocycles. The monoisotopic (exact) mass is 260 g/mol. The van der Waals surface area contributed by atoms with E-state index in [1.165, 1.54) is 6.26 Å². The van der Waals surface area contributed by atoms with Gasteiger partial charge in [-0.2, -0.15) is 5.10 Å². The number of furan rings is 2. The first-order valence-electron chi connectivity index (χ1n) is 6.08. The van der Waals surface area contributed by atoms with E-state index in [1.807, 2.05) is 26.0 Å². The van der Waals surface area contributed by atoms with E-state index in [0.29, 0.717) is 6.42 Å². The third-order valence-corrected chi connectivity index (χ3v) is 2.71. The van der Waals surface area contributed by atoms with Crippen LogP contribution in [0.2, 0.25) is 0 Å². The van der Waals surface area contributed by atoms with Crippen LogP contribution >= 0.6 is 0 Å². The molecule has 0 saturated carbocycles. The number of carbonyl (C=O) groups is 1. The summed E-state index contributed by atoms with van der Waals surface area (Å²) in [7, 11) is 0. The first kappa shape index (κ1) is 13.1. The molecule has 0 radical (unpaired) electrons. The second-order valence-corrected chi connectivity index (χ2v) is 4.32. The smallest absolute Gasteiger partial charge is 0.307 e. The lowest BCUT2D eigenvalue weighted by molar-refractivity contribution is 0.0927. The summed E-state index contributed by atoms with van der Waals surface area (Å²) in [6.45, 7) is 3.95. The van der Waals surface area contributed by atoms with Crippen LogP contribution < -0.4 is 5.43 Å². The third-order valence-electron chi connectivity index (χ3n) is 2.71. The summed E-state index contributed by atoms with van der Waals surface area (Å²) >= 11 is 0. The molecule has 100 valence electrons. The number of hydrogen-bond donors (Lipinski definition) is 1. The maximum atomic E-state index is 11.5. The van der Waals surface area contributed by atoms with Gasteiger partial charge < -0.3 is 8.83 Å². The normalized spacial score (nSPS) is 12.7. The predicted octanol–water partition coefficient (Wildman–Crippen LogP) is 3.09. The molecule has 0 spiro atoms. The fraction of sp³-hybridized carbons (Fsp3) is 0.286. The van der Waals surface area contributed by atoms with E-state index in [4.69, 9.17) is 8.83 Å². The van der Waals surface area contributed by atoms with E-state index in [-0.39, 0.29) is 17.6 Å². The van der Waals surface area contributed by atoms with Crippen molar-refractivity contribution in [3.63, 3.8) is 0 Å². The van der Waals surface area contributed by atoms with Crippen molar-refractivity contribution < 1.29 is 13.6 Å². The molecule has 0 aliphatic rings. The fourth-order valence-electron chi connectivity index (χ4n) is 1.61. The van der Waals surface area contributed by atoms with Crippen molar-refractivity contribution >= 4 is 12.1 Å². The van der Waals surface area contributed by atoms with Gasteiger partial charge in [-0.3, -0.25) is 4.79 Å². The van der Waals surface area contributed by atoms with E-state index >= 15 is 0 Å². The number of nitrogens with zero attached hydrogens (tertiary/aromatic N) is 1. The molecule has 1 N–H and O–H groups in total. The standard InChI is InChI=1S/C14H16N2O3/c1-10(12-6-5-11(2)19-12)7-8-15-16-14(17)13-4-3-9-18-13/h3-6,8-10H,7H2,1-2H3,(H,16,17). The highest BCUT2D eigenvalue weighted by molar-refractivity contribution is 5.91. The molecule has 2 heterocycles. The van der Waals surface area contributed by atoms with E-state index in [1.54, 1.807) is 18.3 Å². The van der Waals surface area contributed by atoms with Gasteiger partial charge in [0.1, 0.15) is 11.5 Å². The lowest BCUT2D eigenvalue weighted by Crippen LogP contribution is -2.16. The molecular weight excluding hydrogens is 244 g/mol. The molecule has 0 saturated heterocycles. The number of nitrogens with one attached hydrogen (secondary N) is 1. The number of amides is 1. The first-order chi connectivity index (χ1) is 9.16. The minimum absolute atomic E-state index is 0.220. The Labute approximate surface area is 111 Å². The SMILES string of the molecule is Cc1ccc(C(C)CC=NNC(=O)c2ccco2)o1. The Morgan fingerprint density at radius 1 is 1.47 bits per heavy atom. The summed E-state index contributed by atoms with van der Waals surface area (Å²) in [5.41, 5.74) is 2.40. The molecule has 0 aliphatic heterocycles. The zero-order chi connectivity index (χ0) is 13.7. The lowest BCUT2D eigenvalue weighted by atomic mass is 10.1.